The lowest BCUT2D eigenvalue weighted by Crippen LogP contribution is -2.38. The van der Waals surface area contributed by atoms with Crippen molar-refractivity contribution in [1.29, 1.82) is 0 Å². The number of benzene rings is 1. The van der Waals surface area contributed by atoms with Crippen LogP contribution >= 0.6 is 11.6 Å². The summed E-state index contributed by atoms with van der Waals surface area (Å²) in [5.41, 5.74) is 0.425. The Morgan fingerprint density at radius 2 is 1.56 bits per heavy atom. The second-order valence-corrected chi connectivity index (χ2v) is 9.39. The molecule has 1 unspecified atom stereocenters. The van der Waals surface area contributed by atoms with Gasteiger partial charge in [0.2, 0.25) is 5.43 Å². The average Bonchev–Trinajstić information content (AvgIpc) is 3.04. The molecule has 1 aliphatic rings. The first-order valence-corrected chi connectivity index (χ1v) is 11.7. The number of amides is 2. The topological polar surface area (TPSA) is 71.4 Å². The van der Waals surface area contributed by atoms with Crippen molar-refractivity contribution >= 4 is 23.4 Å². The van der Waals surface area contributed by atoms with E-state index >= 15 is 0 Å². The van der Waals surface area contributed by atoms with Gasteiger partial charge in [-0.3, -0.25) is 14.4 Å². The number of halogens is 1. The van der Waals surface area contributed by atoms with Crippen LogP contribution in [0.1, 0.15) is 78.8 Å². The van der Waals surface area contributed by atoms with Gasteiger partial charge in [0.1, 0.15) is 11.1 Å². The molecule has 172 valence electrons. The lowest BCUT2D eigenvalue weighted by Gasteiger charge is -2.22. The van der Waals surface area contributed by atoms with Gasteiger partial charge in [-0.2, -0.15) is 0 Å². The van der Waals surface area contributed by atoms with Crippen LogP contribution in [0.15, 0.2) is 41.5 Å². The smallest absolute Gasteiger partial charge is 0.259 e. The van der Waals surface area contributed by atoms with Crippen LogP contribution in [0, 0.1) is 5.92 Å². The number of nitrogens with zero attached hydrogens (tertiary/aromatic N) is 2. The zero-order chi connectivity index (χ0) is 23.3. The number of hydrogen-bond donors (Lipinski definition) is 1. The first-order valence-electron chi connectivity index (χ1n) is 11.4. The molecule has 1 aromatic heterocycles. The summed E-state index contributed by atoms with van der Waals surface area (Å²) in [5, 5.41) is 3.50. The normalized spacial score (nSPS) is 15.3. The predicted molar refractivity (Wildman–Crippen MR) is 127 cm³/mol. The lowest BCUT2D eigenvalue weighted by molar-refractivity contribution is 0.0759. The van der Waals surface area contributed by atoms with E-state index in [-0.39, 0.29) is 23.1 Å². The van der Waals surface area contributed by atoms with E-state index in [0.717, 1.165) is 31.2 Å². The summed E-state index contributed by atoms with van der Waals surface area (Å²) in [6.07, 6.45) is 7.22. The monoisotopic (exact) mass is 457 g/mol. The van der Waals surface area contributed by atoms with Crippen molar-refractivity contribution in [2.45, 2.75) is 59.0 Å². The molecule has 6 nitrogen and oxygen atoms in total. The number of aromatic nitrogens is 1. The van der Waals surface area contributed by atoms with E-state index in [0.29, 0.717) is 30.6 Å². The largest absolute Gasteiger partial charge is 0.352 e. The number of hydrogen-bond acceptors (Lipinski definition) is 3. The fraction of sp³-hybridized carbons (Fsp3) is 0.480. The van der Waals surface area contributed by atoms with Crippen LogP contribution in [0.25, 0.3) is 0 Å². The summed E-state index contributed by atoms with van der Waals surface area (Å²) in [7, 11) is 0. The molecule has 0 aliphatic carbocycles. The average molecular weight is 458 g/mol. The zero-order valence-corrected chi connectivity index (χ0v) is 19.8. The fourth-order valence-electron chi connectivity index (χ4n) is 4.03. The molecule has 0 saturated carbocycles. The highest BCUT2D eigenvalue weighted by molar-refractivity contribution is 6.30. The van der Waals surface area contributed by atoms with E-state index in [4.69, 9.17) is 11.6 Å². The Bertz CT molecular complexity index is 1010. The third kappa shape index (κ3) is 6.00. The SMILES string of the molecule is CC(C)Cn1cc(C(=O)NC(C)c2ccc(Cl)cc2)c(=O)c(C(=O)N2CCCCCC2)c1. The van der Waals surface area contributed by atoms with Gasteiger partial charge in [-0.05, 0) is 43.4 Å². The fourth-order valence-corrected chi connectivity index (χ4v) is 4.15. The molecule has 7 heteroatoms. The third-order valence-corrected chi connectivity index (χ3v) is 5.99. The molecule has 0 radical (unpaired) electrons. The van der Waals surface area contributed by atoms with Crippen LogP contribution in [-0.2, 0) is 6.54 Å². The molecule has 1 aromatic carbocycles. The molecule has 0 bridgehead atoms. The Morgan fingerprint density at radius 1 is 0.969 bits per heavy atom. The summed E-state index contributed by atoms with van der Waals surface area (Å²) >= 11 is 5.95. The van der Waals surface area contributed by atoms with Gasteiger partial charge in [0.25, 0.3) is 11.8 Å². The quantitative estimate of drug-likeness (QED) is 0.685. The Balaban J connectivity index is 1.92. The van der Waals surface area contributed by atoms with Gasteiger partial charge < -0.3 is 14.8 Å². The van der Waals surface area contributed by atoms with E-state index in [9.17, 15) is 14.4 Å². The molecule has 2 aromatic rings. The molecule has 3 rings (SSSR count). The maximum atomic E-state index is 13.2. The Morgan fingerprint density at radius 3 is 2.16 bits per heavy atom. The Hall–Kier alpha value is -2.60. The van der Waals surface area contributed by atoms with Gasteiger partial charge in [-0.25, -0.2) is 0 Å². The van der Waals surface area contributed by atoms with Crippen LogP contribution in [0.3, 0.4) is 0 Å². The van der Waals surface area contributed by atoms with Gasteiger partial charge in [0.05, 0.1) is 6.04 Å². The number of likely N-dealkylation sites (tertiary alicyclic amines) is 1. The summed E-state index contributed by atoms with van der Waals surface area (Å²) in [6.45, 7) is 7.85. The van der Waals surface area contributed by atoms with Crippen molar-refractivity contribution in [3.63, 3.8) is 0 Å². The molecular weight excluding hydrogens is 426 g/mol. The maximum absolute atomic E-state index is 13.2. The van der Waals surface area contributed by atoms with Gasteiger partial charge in [-0.15, -0.1) is 0 Å². The number of nitrogens with one attached hydrogen (secondary N) is 1. The van der Waals surface area contributed by atoms with Crippen molar-refractivity contribution < 1.29 is 9.59 Å². The van der Waals surface area contributed by atoms with Crippen molar-refractivity contribution in [2.75, 3.05) is 13.1 Å². The summed E-state index contributed by atoms with van der Waals surface area (Å²) < 4.78 is 1.79. The van der Waals surface area contributed by atoms with Crippen LogP contribution in [0.5, 0.6) is 0 Å². The molecule has 1 aliphatic heterocycles. The molecule has 2 heterocycles. The van der Waals surface area contributed by atoms with Crippen LogP contribution in [0.2, 0.25) is 5.02 Å². The summed E-state index contributed by atoms with van der Waals surface area (Å²) in [5.74, 6) is -0.474. The van der Waals surface area contributed by atoms with E-state index < -0.39 is 11.3 Å². The molecule has 1 N–H and O–H groups in total. The molecule has 2 amide bonds. The number of pyridine rings is 1. The number of carbonyl (C=O) groups is 2. The molecule has 0 spiro atoms. The maximum Gasteiger partial charge on any atom is 0.259 e. The van der Waals surface area contributed by atoms with Crippen LogP contribution in [0.4, 0.5) is 0 Å². The lowest BCUT2D eigenvalue weighted by atomic mass is 10.1. The van der Waals surface area contributed by atoms with Crippen molar-refractivity contribution in [1.82, 2.24) is 14.8 Å². The van der Waals surface area contributed by atoms with Crippen LogP contribution < -0.4 is 10.7 Å². The molecule has 1 fully saturated rings. The minimum atomic E-state index is -0.514. The van der Waals surface area contributed by atoms with E-state index in [2.05, 4.69) is 19.2 Å². The zero-order valence-electron chi connectivity index (χ0n) is 19.1. The predicted octanol–water partition coefficient (Wildman–Crippen LogP) is 4.66. The van der Waals surface area contributed by atoms with E-state index in [1.807, 2.05) is 19.1 Å². The van der Waals surface area contributed by atoms with E-state index in [1.165, 1.54) is 0 Å². The third-order valence-electron chi connectivity index (χ3n) is 5.74. The summed E-state index contributed by atoms with van der Waals surface area (Å²) in [4.78, 5) is 41.3. The highest BCUT2D eigenvalue weighted by atomic mass is 35.5. The van der Waals surface area contributed by atoms with E-state index in [1.54, 1.807) is 34.0 Å². The minimum absolute atomic E-state index is 0.00728. The highest BCUT2D eigenvalue weighted by Gasteiger charge is 2.25. The van der Waals surface area contributed by atoms with Crippen LogP contribution in [-0.4, -0.2) is 34.4 Å². The Labute approximate surface area is 194 Å². The van der Waals surface area contributed by atoms with Crippen molar-refractivity contribution in [3.05, 3.63) is 68.6 Å². The molecule has 1 atom stereocenters. The first kappa shape index (κ1) is 24.1. The first-order chi connectivity index (χ1) is 15.3. The Kier molecular flexibility index (Phi) is 8.13. The molecular formula is C25H32ClN3O3. The van der Waals surface area contributed by atoms with Crippen molar-refractivity contribution in [3.8, 4) is 0 Å². The van der Waals surface area contributed by atoms with Gasteiger partial charge in [0.15, 0.2) is 0 Å². The second-order valence-electron chi connectivity index (χ2n) is 8.96. The second kappa shape index (κ2) is 10.8. The summed E-state index contributed by atoms with van der Waals surface area (Å²) in [6, 6.07) is 6.88. The van der Waals surface area contributed by atoms with Crippen molar-refractivity contribution in [2.24, 2.45) is 5.92 Å². The molecule has 1 saturated heterocycles. The highest BCUT2D eigenvalue weighted by Crippen LogP contribution is 2.17. The molecule has 32 heavy (non-hydrogen) atoms. The number of carbonyl (C=O) groups excluding carboxylic acids is 2. The van der Waals surface area contributed by atoms with Gasteiger partial charge >= 0.3 is 0 Å². The van der Waals surface area contributed by atoms with Gasteiger partial charge in [0, 0.05) is 37.1 Å². The minimum Gasteiger partial charge on any atom is -0.352 e. The van der Waals surface area contributed by atoms with Gasteiger partial charge in [-0.1, -0.05) is 50.4 Å². The standard InChI is InChI=1S/C25H32ClN3O3/c1-17(2)14-28-15-21(24(31)27-18(3)19-8-10-20(26)11-9-19)23(30)22(16-28)25(32)29-12-6-4-5-7-13-29/h8-11,15-18H,4-7,12-14H2,1-3H3,(H,27,31). The number of rotatable bonds is 6.